The van der Waals surface area contributed by atoms with Gasteiger partial charge in [0.1, 0.15) is 13.2 Å². The Morgan fingerprint density at radius 3 is 1.55 bits per heavy atom. The minimum Gasteiger partial charge on any atom is -0.756 e. The molecule has 9 heteroatoms. The highest BCUT2D eigenvalue weighted by Crippen LogP contribution is 2.38. The summed E-state index contributed by atoms with van der Waals surface area (Å²) in [6.07, 6.45) is 61.4. The van der Waals surface area contributed by atoms with Crippen molar-refractivity contribution in [3.8, 4) is 0 Å². The van der Waals surface area contributed by atoms with Gasteiger partial charge in [-0.1, -0.05) is 161 Å². The first-order valence-corrected chi connectivity index (χ1v) is 24.3. The number of nitrogens with one attached hydrogen (secondary N) is 1. The number of nitrogens with zero attached hydrogens (tertiary/aromatic N) is 1. The van der Waals surface area contributed by atoms with E-state index in [-0.39, 0.29) is 12.5 Å². The first-order chi connectivity index (χ1) is 29.0. The lowest BCUT2D eigenvalue weighted by Crippen LogP contribution is -2.45. The monoisotopic (exact) mass is 853 g/mol. The Bertz CT molecular complexity index is 1380. The minimum absolute atomic E-state index is 0.0191. The molecular formula is C51H85N2O6P. The van der Waals surface area contributed by atoms with Crippen molar-refractivity contribution in [3.05, 3.63) is 122 Å². The lowest BCUT2D eigenvalue weighted by Gasteiger charge is -2.29. The average Bonchev–Trinajstić information content (AvgIpc) is 3.20. The van der Waals surface area contributed by atoms with E-state index in [1.165, 1.54) is 19.3 Å². The van der Waals surface area contributed by atoms with Crippen LogP contribution in [-0.2, 0) is 18.4 Å². The summed E-state index contributed by atoms with van der Waals surface area (Å²) in [7, 11) is 1.20. The van der Waals surface area contributed by atoms with Gasteiger partial charge in [0, 0.05) is 6.42 Å². The number of aliphatic hydroxyl groups is 1. The number of hydrogen-bond acceptors (Lipinski definition) is 6. The highest BCUT2D eigenvalue weighted by molar-refractivity contribution is 7.45. The molecule has 8 nitrogen and oxygen atoms in total. The Labute approximate surface area is 367 Å². The number of carbonyl (C=O) groups is 1. The second kappa shape index (κ2) is 41.3. The molecule has 0 spiro atoms. The van der Waals surface area contributed by atoms with Crippen LogP contribution in [0.2, 0.25) is 0 Å². The fourth-order valence-electron chi connectivity index (χ4n) is 5.64. The van der Waals surface area contributed by atoms with E-state index in [0.29, 0.717) is 23.9 Å². The highest BCUT2D eigenvalue weighted by atomic mass is 31.2. The molecule has 0 aromatic carbocycles. The van der Waals surface area contributed by atoms with E-state index in [1.807, 2.05) is 40.2 Å². The molecule has 0 aliphatic carbocycles. The summed E-state index contributed by atoms with van der Waals surface area (Å²) >= 11 is 0. The van der Waals surface area contributed by atoms with Crippen LogP contribution in [-0.4, -0.2) is 68.5 Å². The molecule has 0 aliphatic heterocycles. The van der Waals surface area contributed by atoms with E-state index >= 15 is 0 Å². The van der Waals surface area contributed by atoms with Gasteiger partial charge in [0.2, 0.25) is 5.91 Å². The fraction of sp³-hybridized carbons (Fsp3) is 0.588. The summed E-state index contributed by atoms with van der Waals surface area (Å²) in [6, 6.07) is -0.922. The number of aliphatic hydroxyl groups excluding tert-OH is 1. The van der Waals surface area contributed by atoms with Gasteiger partial charge in [-0.25, -0.2) is 0 Å². The third-order valence-corrected chi connectivity index (χ3v) is 10.2. The third kappa shape index (κ3) is 43.0. The van der Waals surface area contributed by atoms with Gasteiger partial charge < -0.3 is 28.8 Å². The van der Waals surface area contributed by atoms with Crippen molar-refractivity contribution in [2.24, 2.45) is 0 Å². The molecule has 0 radical (unpaired) electrons. The molecule has 0 saturated heterocycles. The van der Waals surface area contributed by atoms with Crippen LogP contribution >= 0.6 is 7.82 Å². The van der Waals surface area contributed by atoms with E-state index in [9.17, 15) is 19.4 Å². The summed E-state index contributed by atoms with van der Waals surface area (Å²) in [5.74, 6) is -0.234. The summed E-state index contributed by atoms with van der Waals surface area (Å²) in [4.78, 5) is 25.2. The number of rotatable bonds is 39. The molecule has 340 valence electrons. The lowest BCUT2D eigenvalue weighted by molar-refractivity contribution is -0.870. The van der Waals surface area contributed by atoms with Crippen LogP contribution < -0.4 is 10.2 Å². The van der Waals surface area contributed by atoms with Gasteiger partial charge in [-0.2, -0.15) is 0 Å². The molecule has 0 fully saturated rings. The average molecular weight is 853 g/mol. The predicted octanol–water partition coefficient (Wildman–Crippen LogP) is 12.4. The quantitative estimate of drug-likeness (QED) is 0.0276. The van der Waals surface area contributed by atoms with Gasteiger partial charge in [-0.3, -0.25) is 9.36 Å². The summed E-state index contributed by atoms with van der Waals surface area (Å²) in [5.41, 5.74) is 0. The Morgan fingerprint density at radius 2 is 1.05 bits per heavy atom. The molecule has 0 heterocycles. The molecule has 0 saturated carbocycles. The van der Waals surface area contributed by atoms with E-state index in [4.69, 9.17) is 9.05 Å². The molecule has 0 aromatic heterocycles. The maximum Gasteiger partial charge on any atom is 0.268 e. The van der Waals surface area contributed by atoms with Gasteiger partial charge in [-0.05, 0) is 96.8 Å². The van der Waals surface area contributed by atoms with Crippen molar-refractivity contribution in [1.82, 2.24) is 5.32 Å². The highest BCUT2D eigenvalue weighted by Gasteiger charge is 2.23. The van der Waals surface area contributed by atoms with E-state index < -0.39 is 26.6 Å². The zero-order valence-corrected chi connectivity index (χ0v) is 39.2. The van der Waals surface area contributed by atoms with Crippen LogP contribution in [0.1, 0.15) is 142 Å². The normalized spacial score (nSPS) is 15.4. The summed E-state index contributed by atoms with van der Waals surface area (Å²) < 4.78 is 23.1. The van der Waals surface area contributed by atoms with Gasteiger partial charge in [0.05, 0.1) is 39.9 Å². The molecule has 0 rings (SSSR count). The van der Waals surface area contributed by atoms with E-state index in [2.05, 4.69) is 116 Å². The topological polar surface area (TPSA) is 108 Å². The van der Waals surface area contributed by atoms with E-state index in [1.54, 1.807) is 6.08 Å². The number of hydrogen-bond donors (Lipinski definition) is 2. The van der Waals surface area contributed by atoms with Crippen molar-refractivity contribution >= 4 is 13.7 Å². The Balaban J connectivity index is 4.26. The molecule has 0 aromatic rings. The largest absolute Gasteiger partial charge is 0.756 e. The van der Waals surface area contributed by atoms with Crippen molar-refractivity contribution in [1.29, 1.82) is 0 Å². The number of phosphoric acid groups is 1. The zero-order valence-electron chi connectivity index (χ0n) is 38.3. The van der Waals surface area contributed by atoms with Crippen LogP contribution in [0.15, 0.2) is 122 Å². The van der Waals surface area contributed by atoms with Crippen LogP contribution in [0.25, 0.3) is 0 Å². The number of unbranched alkanes of at least 4 members (excludes halogenated alkanes) is 9. The number of likely N-dealkylation sites (N-methyl/N-ethyl adjacent to an activating group) is 1. The molecule has 3 unspecified atom stereocenters. The molecule has 3 atom stereocenters. The van der Waals surface area contributed by atoms with Gasteiger partial charge in [0.15, 0.2) is 0 Å². The van der Waals surface area contributed by atoms with Crippen molar-refractivity contribution in [2.45, 2.75) is 154 Å². The maximum atomic E-state index is 12.8. The minimum atomic E-state index is -4.61. The molecule has 0 aliphatic rings. The molecule has 0 bridgehead atoms. The Hall–Kier alpha value is -3.10. The van der Waals surface area contributed by atoms with Gasteiger partial charge >= 0.3 is 0 Å². The molecule has 1 amide bonds. The second-order valence-electron chi connectivity index (χ2n) is 16.0. The Morgan fingerprint density at radius 1 is 0.617 bits per heavy atom. The number of quaternary nitrogens is 1. The molecule has 2 N–H and O–H groups in total. The number of allylic oxidation sites excluding steroid dienone is 19. The standard InChI is InChI=1S/C51H85N2O6P/c1-6-8-10-12-14-16-17-18-19-20-21-22-23-24-25-26-27-28-29-30-31-32-33-34-35-37-39-41-43-45-51(55)52-49(48-59-60(56,57)58-47-46-53(3,4)5)50(54)44-42-40-38-36-15-13-11-9-7-2/h7-10,14-16,18-19,21-22,24-25,27-28,30-31,36,42,44,49-50,54H,6,11-13,17,20,23,26,29,32-35,37-41,43,45-48H2,1-5H3,(H-,52,55,56,57)/b9-7+,10-8-,16-14-,19-18-,22-21-,25-24-,28-27-,31-30-,36-15+,44-42+. The van der Waals surface area contributed by atoms with Crippen LogP contribution in [0, 0.1) is 0 Å². The van der Waals surface area contributed by atoms with Gasteiger partial charge in [-0.15, -0.1) is 0 Å². The van der Waals surface area contributed by atoms with Crippen molar-refractivity contribution in [2.75, 3.05) is 40.9 Å². The zero-order chi connectivity index (χ0) is 44.3. The number of carbonyl (C=O) groups excluding carboxylic acids is 1. The number of amides is 1. The third-order valence-electron chi connectivity index (χ3n) is 9.23. The van der Waals surface area contributed by atoms with Gasteiger partial charge in [0.25, 0.3) is 7.82 Å². The molecular weight excluding hydrogens is 768 g/mol. The van der Waals surface area contributed by atoms with Crippen LogP contribution in [0.3, 0.4) is 0 Å². The first kappa shape index (κ1) is 56.9. The van der Waals surface area contributed by atoms with E-state index in [0.717, 1.165) is 96.3 Å². The van der Waals surface area contributed by atoms with Crippen LogP contribution in [0.4, 0.5) is 0 Å². The fourth-order valence-corrected chi connectivity index (χ4v) is 6.36. The smallest absolute Gasteiger partial charge is 0.268 e. The molecule has 60 heavy (non-hydrogen) atoms. The van der Waals surface area contributed by atoms with Crippen molar-refractivity contribution in [3.63, 3.8) is 0 Å². The summed E-state index contributed by atoms with van der Waals surface area (Å²) in [6.45, 7) is 4.22. The maximum absolute atomic E-state index is 12.8. The van der Waals surface area contributed by atoms with Crippen molar-refractivity contribution < 1.29 is 32.9 Å². The SMILES string of the molecule is C/C=C/CC/C=C/CC/C=C/C(O)C(COP(=O)([O-])OCC[N+](C)(C)C)NC(=O)CCCCCCCCC/C=C\C/C=C\C/C=C\C/C=C\C/C=C\C/C=C\C/C=C\CC. The Kier molecular flexibility index (Phi) is 39.1. The predicted molar refractivity (Wildman–Crippen MR) is 255 cm³/mol. The number of phosphoric ester groups is 1. The lowest BCUT2D eigenvalue weighted by atomic mass is 10.1. The van der Waals surface area contributed by atoms with Crippen LogP contribution in [0.5, 0.6) is 0 Å². The second-order valence-corrected chi connectivity index (χ2v) is 17.4. The summed E-state index contributed by atoms with van der Waals surface area (Å²) in [5, 5.41) is 13.7. The first-order valence-electron chi connectivity index (χ1n) is 22.9.